The van der Waals surface area contributed by atoms with Crippen LogP contribution in [0.5, 0.6) is 0 Å². The van der Waals surface area contributed by atoms with E-state index in [1.54, 1.807) is 6.92 Å². The normalized spacial score (nSPS) is 51.2. The van der Waals surface area contributed by atoms with Crippen LogP contribution in [0.2, 0.25) is 0 Å². The number of aliphatic hydroxyl groups excluding tert-OH is 2. The molecule has 9 heteroatoms. The van der Waals surface area contributed by atoms with E-state index in [9.17, 15) is 15.0 Å². The molecule has 0 aromatic heterocycles. The fraction of sp³-hybridized carbons (Fsp3) is 0.821. The second kappa shape index (κ2) is 9.31. The zero-order valence-corrected chi connectivity index (χ0v) is 22.1. The minimum atomic E-state index is -1.07. The summed E-state index contributed by atoms with van der Waals surface area (Å²) in [4.78, 5) is 13.5. The largest absolute Gasteiger partial charge is 0.469 e. The summed E-state index contributed by atoms with van der Waals surface area (Å²) < 4.78 is 35.3. The lowest BCUT2D eigenvalue weighted by atomic mass is 9.55. The maximum atomic E-state index is 13.5. The summed E-state index contributed by atoms with van der Waals surface area (Å²) in [5, 5.41) is 21.0. The summed E-state index contributed by atoms with van der Waals surface area (Å²) in [5.41, 5.74) is 2.36. The van der Waals surface area contributed by atoms with Crippen LogP contribution in [-0.2, 0) is 33.2 Å². The van der Waals surface area contributed by atoms with Gasteiger partial charge in [0, 0.05) is 14.0 Å². The number of esters is 1. The molecular weight excluding hydrogens is 480 g/mol. The molecule has 4 heterocycles. The molecular formula is C28H40O9. The zero-order chi connectivity index (χ0) is 26.1. The van der Waals surface area contributed by atoms with E-state index in [4.69, 9.17) is 28.4 Å². The molecule has 0 bridgehead atoms. The van der Waals surface area contributed by atoms with Crippen LogP contribution in [0.15, 0.2) is 23.5 Å². The highest BCUT2D eigenvalue weighted by atomic mass is 16.7. The van der Waals surface area contributed by atoms with E-state index >= 15 is 0 Å². The Balaban J connectivity index is 1.19. The van der Waals surface area contributed by atoms with E-state index in [2.05, 4.69) is 13.0 Å². The molecule has 37 heavy (non-hydrogen) atoms. The Hall–Kier alpha value is -1.49. The van der Waals surface area contributed by atoms with Gasteiger partial charge in [-0.15, -0.1) is 0 Å². The van der Waals surface area contributed by atoms with Gasteiger partial charge in [-0.3, -0.25) is 4.79 Å². The summed E-state index contributed by atoms with van der Waals surface area (Å²) in [5.74, 6) is -0.910. The van der Waals surface area contributed by atoms with Crippen molar-refractivity contribution in [3.63, 3.8) is 0 Å². The summed E-state index contributed by atoms with van der Waals surface area (Å²) in [6, 6.07) is 0. The number of rotatable bonds is 3. The van der Waals surface area contributed by atoms with Gasteiger partial charge in [0.1, 0.15) is 24.4 Å². The number of aliphatic hydroxyl groups is 2. The van der Waals surface area contributed by atoms with Crippen molar-refractivity contribution in [2.24, 2.45) is 23.2 Å². The highest BCUT2D eigenvalue weighted by Gasteiger charge is 2.58. The molecule has 206 valence electrons. The van der Waals surface area contributed by atoms with Gasteiger partial charge in [0.05, 0.1) is 36.9 Å². The fourth-order valence-corrected chi connectivity index (χ4v) is 7.89. The van der Waals surface area contributed by atoms with Gasteiger partial charge in [0.2, 0.25) is 5.79 Å². The maximum absolute atomic E-state index is 13.5. The van der Waals surface area contributed by atoms with E-state index in [0.29, 0.717) is 13.0 Å². The second-order valence-electron chi connectivity index (χ2n) is 12.1. The molecule has 4 aliphatic heterocycles. The number of methoxy groups -OCH3 is 1. The van der Waals surface area contributed by atoms with Crippen molar-refractivity contribution in [2.75, 3.05) is 13.7 Å². The molecule has 3 saturated heterocycles. The molecule has 0 aromatic rings. The van der Waals surface area contributed by atoms with Crippen molar-refractivity contribution >= 4 is 5.97 Å². The summed E-state index contributed by atoms with van der Waals surface area (Å²) >= 11 is 0. The molecule has 2 N–H and O–H groups in total. The van der Waals surface area contributed by atoms with E-state index in [1.165, 1.54) is 18.3 Å². The average Bonchev–Trinajstić information content (AvgIpc) is 3.38. The van der Waals surface area contributed by atoms with E-state index in [1.807, 2.05) is 13.2 Å². The molecule has 0 aromatic carbocycles. The lowest BCUT2D eigenvalue weighted by molar-refractivity contribution is -0.309. The molecule has 12 atom stereocenters. The number of allylic oxidation sites excluding steroid dienone is 1. The monoisotopic (exact) mass is 520 g/mol. The van der Waals surface area contributed by atoms with Crippen molar-refractivity contribution < 1.29 is 43.4 Å². The van der Waals surface area contributed by atoms with Gasteiger partial charge in [-0.05, 0) is 62.4 Å². The third-order valence-corrected chi connectivity index (χ3v) is 10.1. The fourth-order valence-electron chi connectivity index (χ4n) is 7.89. The summed E-state index contributed by atoms with van der Waals surface area (Å²) in [6.45, 7) is 6.35. The van der Waals surface area contributed by atoms with Crippen LogP contribution in [0.25, 0.3) is 0 Å². The van der Waals surface area contributed by atoms with Crippen molar-refractivity contribution in [1.82, 2.24) is 0 Å². The number of carbonyl (C=O) groups excluding carboxylic acids is 1. The van der Waals surface area contributed by atoms with Gasteiger partial charge >= 0.3 is 5.97 Å². The minimum Gasteiger partial charge on any atom is -0.469 e. The Kier molecular flexibility index (Phi) is 6.49. The first kappa shape index (κ1) is 25.8. The summed E-state index contributed by atoms with van der Waals surface area (Å²) in [6.07, 6.45) is 4.30. The smallest absolute Gasteiger partial charge is 0.309 e. The van der Waals surface area contributed by atoms with Crippen molar-refractivity contribution in [1.29, 1.82) is 0 Å². The van der Waals surface area contributed by atoms with Crippen molar-refractivity contribution in [3.05, 3.63) is 23.5 Å². The first-order valence-electron chi connectivity index (χ1n) is 13.7. The number of fused-ring (bicyclic) bond motifs is 3. The van der Waals surface area contributed by atoms with Gasteiger partial charge in [-0.1, -0.05) is 18.6 Å². The molecule has 5 unspecified atom stereocenters. The molecule has 0 spiro atoms. The standard InChI is InChI=1S/C28H40O9/c1-14-22(29)24(32-4)23(30)26(35-14)36-17-9-10-27(2)16(11-17)6-7-18-19(27)8-5-15-12-33-28(3)21(15)20(13-34-28)37-25(18)31/h6,12,14,17-24,26,29-30H,5,7-11,13H2,1-4H3/t14?,17?,18-,19+,20-,21-,22?,23?,24?,26+,27+,28+/m1/s1. The van der Waals surface area contributed by atoms with Crippen molar-refractivity contribution in [2.45, 2.75) is 108 Å². The van der Waals surface area contributed by atoms with Gasteiger partial charge in [-0.2, -0.15) is 0 Å². The SMILES string of the molecule is COC1C(O)C(C)O[C@@H](OC2CC[C@@]3(C)C(=CC[C@H]4C(=O)O[C@@H]5CO[C@]6(C)OC=C(CC[C@@H]43)[C@H]56)C2)C1O. The topological polar surface area (TPSA) is 113 Å². The van der Waals surface area contributed by atoms with Crippen LogP contribution in [-0.4, -0.2) is 78.6 Å². The molecule has 6 rings (SSSR count). The average molecular weight is 521 g/mol. The Morgan fingerprint density at radius 2 is 1.97 bits per heavy atom. The number of hydrogen-bond donors (Lipinski definition) is 2. The van der Waals surface area contributed by atoms with Gasteiger partial charge in [0.15, 0.2) is 6.29 Å². The Morgan fingerprint density at radius 3 is 2.76 bits per heavy atom. The Morgan fingerprint density at radius 1 is 1.16 bits per heavy atom. The third kappa shape index (κ3) is 4.08. The quantitative estimate of drug-likeness (QED) is 0.428. The number of carbonyl (C=O) groups is 1. The molecule has 4 fully saturated rings. The van der Waals surface area contributed by atoms with Crippen LogP contribution >= 0.6 is 0 Å². The Labute approximate surface area is 218 Å². The van der Waals surface area contributed by atoms with Crippen LogP contribution in [0.1, 0.15) is 59.3 Å². The first-order valence-corrected chi connectivity index (χ1v) is 13.7. The lowest BCUT2D eigenvalue weighted by Gasteiger charge is -2.51. The van der Waals surface area contributed by atoms with Crippen LogP contribution in [0.3, 0.4) is 0 Å². The highest BCUT2D eigenvalue weighted by Crippen LogP contribution is 2.57. The molecule has 2 aliphatic carbocycles. The van der Waals surface area contributed by atoms with Gasteiger partial charge in [0.25, 0.3) is 0 Å². The molecule has 1 saturated carbocycles. The zero-order valence-electron chi connectivity index (χ0n) is 22.1. The predicted octanol–water partition coefficient (Wildman–Crippen LogP) is 2.59. The van der Waals surface area contributed by atoms with Gasteiger partial charge < -0.3 is 38.6 Å². The van der Waals surface area contributed by atoms with E-state index < -0.39 is 36.5 Å². The van der Waals surface area contributed by atoms with Crippen LogP contribution < -0.4 is 0 Å². The van der Waals surface area contributed by atoms with Crippen LogP contribution in [0, 0.1) is 23.2 Å². The van der Waals surface area contributed by atoms with E-state index in [0.717, 1.165) is 32.1 Å². The molecule has 6 aliphatic rings. The lowest BCUT2D eigenvalue weighted by Crippen LogP contribution is -2.59. The van der Waals surface area contributed by atoms with Crippen molar-refractivity contribution in [3.8, 4) is 0 Å². The predicted molar refractivity (Wildman–Crippen MR) is 130 cm³/mol. The molecule has 9 nitrogen and oxygen atoms in total. The molecule has 0 amide bonds. The Bertz CT molecular complexity index is 979. The van der Waals surface area contributed by atoms with E-state index in [-0.39, 0.29) is 41.3 Å². The summed E-state index contributed by atoms with van der Waals surface area (Å²) in [7, 11) is 1.47. The van der Waals surface area contributed by atoms with Crippen LogP contribution in [0.4, 0.5) is 0 Å². The second-order valence-corrected chi connectivity index (χ2v) is 12.1. The highest BCUT2D eigenvalue weighted by molar-refractivity contribution is 5.74. The number of hydrogen-bond acceptors (Lipinski definition) is 9. The third-order valence-electron chi connectivity index (χ3n) is 10.1. The maximum Gasteiger partial charge on any atom is 0.309 e. The van der Waals surface area contributed by atoms with Gasteiger partial charge in [-0.25, -0.2) is 0 Å². The minimum absolute atomic E-state index is 0.0419. The molecule has 0 radical (unpaired) electrons. The number of ether oxygens (including phenoxy) is 6. The first-order chi connectivity index (χ1) is 17.6.